The average Bonchev–Trinajstić information content (AvgIpc) is 3.47. The largest absolute Gasteiger partial charge is 0.353 e. The van der Waals surface area contributed by atoms with E-state index in [1.165, 1.54) is 25.2 Å². The van der Waals surface area contributed by atoms with E-state index in [-0.39, 0.29) is 0 Å². The van der Waals surface area contributed by atoms with Crippen LogP contribution in [0.15, 0.2) is 18.5 Å². The van der Waals surface area contributed by atoms with Crippen molar-refractivity contribution in [3.05, 3.63) is 35.8 Å². The number of rotatable bonds is 4. The number of aromatic nitrogens is 4. The molecule has 4 rings (SSSR count). The van der Waals surface area contributed by atoms with Crippen molar-refractivity contribution in [3.8, 4) is 0 Å². The SMILES string of the molecule is CCc1cc(N2CCN(c3ncc(F)cn3)CC2)nc(C2CC2)n1. The lowest BCUT2D eigenvalue weighted by atomic mass is 10.2. The lowest BCUT2D eigenvalue weighted by Gasteiger charge is -2.35. The smallest absolute Gasteiger partial charge is 0.225 e. The van der Waals surface area contributed by atoms with Gasteiger partial charge in [-0.25, -0.2) is 24.3 Å². The zero-order valence-electron chi connectivity index (χ0n) is 13.8. The average molecular weight is 328 g/mol. The molecular formula is C17H21FN6. The van der Waals surface area contributed by atoms with Gasteiger partial charge in [0.2, 0.25) is 5.95 Å². The van der Waals surface area contributed by atoms with Gasteiger partial charge in [0, 0.05) is 43.9 Å². The molecule has 0 amide bonds. The molecule has 7 heteroatoms. The van der Waals surface area contributed by atoms with E-state index in [2.05, 4.69) is 37.7 Å². The van der Waals surface area contributed by atoms with Gasteiger partial charge < -0.3 is 9.80 Å². The topological polar surface area (TPSA) is 58.0 Å². The van der Waals surface area contributed by atoms with E-state index in [4.69, 9.17) is 4.98 Å². The number of nitrogens with zero attached hydrogens (tertiary/aromatic N) is 6. The summed E-state index contributed by atoms with van der Waals surface area (Å²) < 4.78 is 13.0. The van der Waals surface area contributed by atoms with Crippen LogP contribution < -0.4 is 9.80 Å². The highest BCUT2D eigenvalue weighted by Gasteiger charge is 2.28. The molecule has 2 aromatic rings. The van der Waals surface area contributed by atoms with E-state index in [1.54, 1.807) is 0 Å². The molecule has 3 heterocycles. The highest BCUT2D eigenvalue weighted by Crippen LogP contribution is 2.38. The zero-order chi connectivity index (χ0) is 16.5. The Kier molecular flexibility index (Phi) is 4.00. The van der Waals surface area contributed by atoms with Crippen LogP contribution in [0.5, 0.6) is 0 Å². The predicted molar refractivity (Wildman–Crippen MR) is 89.8 cm³/mol. The summed E-state index contributed by atoms with van der Waals surface area (Å²) in [5, 5.41) is 0. The fourth-order valence-corrected chi connectivity index (χ4v) is 2.97. The molecule has 1 saturated carbocycles. The first-order valence-electron chi connectivity index (χ1n) is 8.58. The summed E-state index contributed by atoms with van der Waals surface area (Å²) in [5.41, 5.74) is 1.12. The van der Waals surface area contributed by atoms with Gasteiger partial charge in [0.1, 0.15) is 11.6 Å². The van der Waals surface area contributed by atoms with Crippen LogP contribution in [-0.4, -0.2) is 46.1 Å². The Morgan fingerprint density at radius 2 is 1.71 bits per heavy atom. The minimum atomic E-state index is -0.405. The molecule has 0 unspecified atom stereocenters. The molecule has 2 fully saturated rings. The van der Waals surface area contributed by atoms with E-state index in [0.29, 0.717) is 11.9 Å². The Hall–Kier alpha value is -2.31. The number of anilines is 2. The van der Waals surface area contributed by atoms with Crippen LogP contribution in [0.1, 0.15) is 37.2 Å². The van der Waals surface area contributed by atoms with Gasteiger partial charge in [-0.1, -0.05) is 6.92 Å². The van der Waals surface area contributed by atoms with Gasteiger partial charge >= 0.3 is 0 Å². The second-order valence-corrected chi connectivity index (χ2v) is 6.38. The molecule has 1 aliphatic carbocycles. The van der Waals surface area contributed by atoms with Crippen LogP contribution in [0.4, 0.5) is 16.2 Å². The number of aryl methyl sites for hydroxylation is 1. The number of hydrogen-bond acceptors (Lipinski definition) is 6. The van der Waals surface area contributed by atoms with Gasteiger partial charge in [0.05, 0.1) is 12.4 Å². The number of halogens is 1. The molecule has 0 atom stereocenters. The van der Waals surface area contributed by atoms with E-state index in [0.717, 1.165) is 49.9 Å². The van der Waals surface area contributed by atoms with E-state index in [9.17, 15) is 4.39 Å². The van der Waals surface area contributed by atoms with Crippen molar-refractivity contribution in [3.63, 3.8) is 0 Å². The van der Waals surface area contributed by atoms with E-state index >= 15 is 0 Å². The van der Waals surface area contributed by atoms with Gasteiger partial charge in [-0.3, -0.25) is 0 Å². The second kappa shape index (κ2) is 6.30. The molecule has 0 spiro atoms. The fourth-order valence-electron chi connectivity index (χ4n) is 2.97. The van der Waals surface area contributed by atoms with Crippen LogP contribution in [0.3, 0.4) is 0 Å². The normalized spacial score (nSPS) is 18.1. The van der Waals surface area contributed by atoms with Crippen LogP contribution in [0, 0.1) is 5.82 Å². The maximum absolute atomic E-state index is 13.0. The van der Waals surface area contributed by atoms with Crippen molar-refractivity contribution in [2.45, 2.75) is 32.1 Å². The van der Waals surface area contributed by atoms with Crippen molar-refractivity contribution in [1.29, 1.82) is 0 Å². The summed E-state index contributed by atoms with van der Waals surface area (Å²) in [6.45, 7) is 5.44. The van der Waals surface area contributed by atoms with Crippen molar-refractivity contribution in [2.24, 2.45) is 0 Å². The number of hydrogen-bond donors (Lipinski definition) is 0. The van der Waals surface area contributed by atoms with Crippen LogP contribution >= 0.6 is 0 Å². The highest BCUT2D eigenvalue weighted by molar-refractivity contribution is 5.44. The van der Waals surface area contributed by atoms with Crippen molar-refractivity contribution < 1.29 is 4.39 Å². The maximum Gasteiger partial charge on any atom is 0.225 e. The van der Waals surface area contributed by atoms with Crippen LogP contribution in [-0.2, 0) is 6.42 Å². The molecule has 0 radical (unpaired) electrons. The molecule has 1 saturated heterocycles. The minimum Gasteiger partial charge on any atom is -0.353 e. The van der Waals surface area contributed by atoms with Gasteiger partial charge in [0.25, 0.3) is 0 Å². The van der Waals surface area contributed by atoms with Crippen molar-refractivity contribution in [1.82, 2.24) is 19.9 Å². The van der Waals surface area contributed by atoms with Gasteiger partial charge in [-0.2, -0.15) is 0 Å². The molecule has 126 valence electrons. The Labute approximate surface area is 140 Å². The fraction of sp³-hybridized carbons (Fsp3) is 0.529. The summed E-state index contributed by atoms with van der Waals surface area (Å²) in [6, 6.07) is 2.11. The summed E-state index contributed by atoms with van der Waals surface area (Å²) in [6.07, 6.45) is 5.78. The van der Waals surface area contributed by atoms with Crippen LogP contribution in [0.2, 0.25) is 0 Å². The molecular weight excluding hydrogens is 307 g/mol. The Bertz CT molecular complexity index is 708. The van der Waals surface area contributed by atoms with E-state index in [1.807, 2.05) is 0 Å². The summed E-state index contributed by atoms with van der Waals surface area (Å²) in [4.78, 5) is 22.0. The molecule has 24 heavy (non-hydrogen) atoms. The monoisotopic (exact) mass is 328 g/mol. The first kappa shape index (κ1) is 15.2. The van der Waals surface area contributed by atoms with Crippen molar-refractivity contribution >= 4 is 11.8 Å². The van der Waals surface area contributed by atoms with Crippen molar-refractivity contribution in [2.75, 3.05) is 36.0 Å². The molecule has 0 N–H and O–H groups in total. The summed E-state index contributed by atoms with van der Waals surface area (Å²) >= 11 is 0. The molecule has 0 bridgehead atoms. The van der Waals surface area contributed by atoms with Gasteiger partial charge in [-0.05, 0) is 19.3 Å². The molecule has 6 nitrogen and oxygen atoms in total. The Morgan fingerprint density at radius 3 is 2.33 bits per heavy atom. The third-order valence-corrected chi connectivity index (χ3v) is 4.58. The molecule has 2 aliphatic rings. The highest BCUT2D eigenvalue weighted by atomic mass is 19.1. The predicted octanol–water partition coefficient (Wildman–Crippen LogP) is 2.17. The first-order valence-corrected chi connectivity index (χ1v) is 8.58. The first-order chi connectivity index (χ1) is 11.7. The lowest BCUT2D eigenvalue weighted by molar-refractivity contribution is 0.601. The second-order valence-electron chi connectivity index (χ2n) is 6.38. The number of piperazine rings is 1. The molecule has 2 aromatic heterocycles. The minimum absolute atomic E-state index is 0.405. The third kappa shape index (κ3) is 3.16. The lowest BCUT2D eigenvalue weighted by Crippen LogP contribution is -2.47. The van der Waals surface area contributed by atoms with Gasteiger partial charge in [-0.15, -0.1) is 0 Å². The standard InChI is InChI=1S/C17H21FN6/c1-2-14-9-15(22-16(21-14)12-3-4-12)23-5-7-24(8-6-23)17-19-10-13(18)11-20-17/h9-12H,2-8H2,1H3. The maximum atomic E-state index is 13.0. The van der Waals surface area contributed by atoms with Crippen LogP contribution in [0.25, 0.3) is 0 Å². The molecule has 1 aliphatic heterocycles. The Morgan fingerprint density at radius 1 is 1.04 bits per heavy atom. The van der Waals surface area contributed by atoms with Gasteiger partial charge in [0.15, 0.2) is 5.82 Å². The van der Waals surface area contributed by atoms with E-state index < -0.39 is 5.82 Å². The summed E-state index contributed by atoms with van der Waals surface area (Å²) in [5.74, 6) is 2.78. The third-order valence-electron chi connectivity index (χ3n) is 4.58. The summed E-state index contributed by atoms with van der Waals surface area (Å²) in [7, 11) is 0. The Balaban J connectivity index is 1.47. The molecule has 0 aromatic carbocycles. The zero-order valence-corrected chi connectivity index (χ0v) is 13.8. The quantitative estimate of drug-likeness (QED) is 0.857.